The molecule has 1 rings (SSSR count). The molecule has 0 N–H and O–H groups in total. The lowest BCUT2D eigenvalue weighted by Crippen LogP contribution is -2.44. The van der Waals surface area contributed by atoms with Crippen LogP contribution in [0.3, 0.4) is 0 Å². The van der Waals surface area contributed by atoms with Gasteiger partial charge in [0, 0.05) is 12.5 Å². The van der Waals surface area contributed by atoms with Gasteiger partial charge in [0.15, 0.2) is 0 Å². The number of hydrogen-bond donors (Lipinski definition) is 0. The number of ether oxygens (including phenoxy) is 1. The van der Waals surface area contributed by atoms with Crippen molar-refractivity contribution in [3.63, 3.8) is 0 Å². The van der Waals surface area contributed by atoms with Crippen LogP contribution in [-0.2, 0) is 9.53 Å². The Balaban J connectivity index is 2.49. The summed E-state index contributed by atoms with van der Waals surface area (Å²) in [4.78, 5) is 23.2. The summed E-state index contributed by atoms with van der Waals surface area (Å²) in [5, 5.41) is 0. The minimum absolute atomic E-state index is 0.0129. The molecule has 4 nitrogen and oxygen atoms in total. The minimum Gasteiger partial charge on any atom is -0.449 e. The Bertz CT molecular complexity index is 202. The molecule has 1 unspecified atom stereocenters. The van der Waals surface area contributed by atoms with Gasteiger partial charge in [0.2, 0.25) is 0 Å². The Labute approximate surface area is 71.5 Å². The SMILES string of the molecule is CC(=O)CN1CC(C)COC1=O. The van der Waals surface area contributed by atoms with Crippen molar-refractivity contribution in [1.29, 1.82) is 0 Å². The number of nitrogens with zero attached hydrogens (tertiary/aromatic N) is 1. The van der Waals surface area contributed by atoms with E-state index in [2.05, 4.69) is 0 Å². The maximum Gasteiger partial charge on any atom is 0.410 e. The van der Waals surface area contributed by atoms with E-state index in [9.17, 15) is 9.59 Å². The van der Waals surface area contributed by atoms with Crippen LogP contribution in [0.15, 0.2) is 0 Å². The fourth-order valence-electron chi connectivity index (χ4n) is 1.21. The van der Waals surface area contributed by atoms with Crippen LogP contribution < -0.4 is 0 Å². The van der Waals surface area contributed by atoms with Crippen LogP contribution in [0.5, 0.6) is 0 Å². The van der Waals surface area contributed by atoms with Crippen molar-refractivity contribution in [1.82, 2.24) is 4.90 Å². The highest BCUT2D eigenvalue weighted by Gasteiger charge is 2.24. The molecule has 12 heavy (non-hydrogen) atoms. The summed E-state index contributed by atoms with van der Waals surface area (Å²) in [5.41, 5.74) is 0. The van der Waals surface area contributed by atoms with E-state index in [4.69, 9.17) is 4.74 Å². The van der Waals surface area contributed by atoms with Crippen molar-refractivity contribution in [3.8, 4) is 0 Å². The summed E-state index contributed by atoms with van der Waals surface area (Å²) in [6.45, 7) is 4.71. The van der Waals surface area contributed by atoms with E-state index in [0.29, 0.717) is 19.1 Å². The normalized spacial score (nSPS) is 23.7. The first-order chi connectivity index (χ1) is 5.59. The molecule has 1 aliphatic heterocycles. The molecule has 4 heteroatoms. The second-order valence-electron chi connectivity index (χ2n) is 3.26. The standard InChI is InChI=1S/C8H13NO3/c1-6-3-9(4-7(2)10)8(11)12-5-6/h6H,3-5H2,1-2H3. The summed E-state index contributed by atoms with van der Waals surface area (Å²) in [6.07, 6.45) is -0.372. The van der Waals surface area contributed by atoms with E-state index in [-0.39, 0.29) is 18.4 Å². The second-order valence-corrected chi connectivity index (χ2v) is 3.26. The Kier molecular flexibility index (Phi) is 2.68. The van der Waals surface area contributed by atoms with Crippen molar-refractivity contribution in [3.05, 3.63) is 0 Å². The first-order valence-electron chi connectivity index (χ1n) is 4.00. The molecule has 0 aliphatic carbocycles. The molecule has 0 bridgehead atoms. The van der Waals surface area contributed by atoms with Gasteiger partial charge in [-0.1, -0.05) is 6.92 Å². The van der Waals surface area contributed by atoms with E-state index in [1.54, 1.807) is 0 Å². The van der Waals surface area contributed by atoms with Crippen LogP contribution in [0.2, 0.25) is 0 Å². The first-order valence-corrected chi connectivity index (χ1v) is 4.00. The molecule has 68 valence electrons. The van der Waals surface area contributed by atoms with Crippen LogP contribution in [0, 0.1) is 5.92 Å². The molecule has 0 radical (unpaired) electrons. The Morgan fingerprint density at radius 3 is 3.00 bits per heavy atom. The topological polar surface area (TPSA) is 46.6 Å². The lowest BCUT2D eigenvalue weighted by molar-refractivity contribution is -0.118. The minimum atomic E-state index is -0.372. The molecule has 1 heterocycles. The Morgan fingerprint density at radius 2 is 2.42 bits per heavy atom. The molecule has 1 atom stereocenters. The summed E-state index contributed by atoms with van der Waals surface area (Å²) < 4.78 is 4.84. The van der Waals surface area contributed by atoms with Crippen LogP contribution >= 0.6 is 0 Å². The van der Waals surface area contributed by atoms with E-state index < -0.39 is 0 Å². The lowest BCUT2D eigenvalue weighted by atomic mass is 10.1. The zero-order valence-electron chi connectivity index (χ0n) is 7.37. The lowest BCUT2D eigenvalue weighted by Gasteiger charge is -2.29. The Morgan fingerprint density at radius 1 is 1.75 bits per heavy atom. The molecule has 1 aliphatic rings. The second kappa shape index (κ2) is 3.56. The quantitative estimate of drug-likeness (QED) is 0.613. The van der Waals surface area contributed by atoms with E-state index in [1.807, 2.05) is 6.92 Å². The van der Waals surface area contributed by atoms with Crippen LogP contribution in [-0.4, -0.2) is 36.5 Å². The number of amides is 1. The highest BCUT2D eigenvalue weighted by Crippen LogP contribution is 2.09. The number of carbonyl (C=O) groups is 2. The molecule has 1 fully saturated rings. The van der Waals surface area contributed by atoms with Gasteiger partial charge in [0.05, 0.1) is 13.2 Å². The molecule has 1 saturated heterocycles. The molecule has 0 aromatic heterocycles. The third-order valence-corrected chi connectivity index (χ3v) is 1.70. The number of rotatable bonds is 2. The van der Waals surface area contributed by atoms with Crippen molar-refractivity contribution in [2.45, 2.75) is 13.8 Å². The summed E-state index contributed by atoms with van der Waals surface area (Å²) in [6, 6.07) is 0. The molecule has 1 amide bonds. The van der Waals surface area contributed by atoms with Crippen molar-refractivity contribution < 1.29 is 14.3 Å². The van der Waals surface area contributed by atoms with Gasteiger partial charge in [0.1, 0.15) is 5.78 Å². The zero-order chi connectivity index (χ0) is 9.14. The van der Waals surface area contributed by atoms with E-state index in [1.165, 1.54) is 11.8 Å². The van der Waals surface area contributed by atoms with Crippen molar-refractivity contribution in [2.24, 2.45) is 5.92 Å². The number of Topliss-reactive ketones (excluding diaryl/α,β-unsaturated/α-hetero) is 1. The fraction of sp³-hybridized carbons (Fsp3) is 0.750. The number of cyclic esters (lactones) is 1. The first kappa shape index (κ1) is 9.03. The molecule has 0 spiro atoms. The van der Waals surface area contributed by atoms with Crippen molar-refractivity contribution in [2.75, 3.05) is 19.7 Å². The smallest absolute Gasteiger partial charge is 0.410 e. The summed E-state index contributed by atoms with van der Waals surface area (Å²) in [7, 11) is 0. The van der Waals surface area contributed by atoms with Crippen LogP contribution in [0.4, 0.5) is 4.79 Å². The molecular formula is C8H13NO3. The molecule has 0 saturated carbocycles. The van der Waals surface area contributed by atoms with Crippen LogP contribution in [0.1, 0.15) is 13.8 Å². The fourth-order valence-corrected chi connectivity index (χ4v) is 1.21. The van der Waals surface area contributed by atoms with Gasteiger partial charge in [-0.2, -0.15) is 0 Å². The Hall–Kier alpha value is -1.06. The molecule has 0 aromatic rings. The monoisotopic (exact) mass is 171 g/mol. The predicted molar refractivity (Wildman–Crippen MR) is 42.8 cm³/mol. The highest BCUT2D eigenvalue weighted by molar-refractivity contribution is 5.82. The van der Waals surface area contributed by atoms with Gasteiger partial charge in [-0.15, -0.1) is 0 Å². The third-order valence-electron chi connectivity index (χ3n) is 1.70. The number of ketones is 1. The van der Waals surface area contributed by atoms with Crippen LogP contribution in [0.25, 0.3) is 0 Å². The molecular weight excluding hydrogens is 158 g/mol. The predicted octanol–water partition coefficient (Wildman–Crippen LogP) is 0.664. The van der Waals surface area contributed by atoms with E-state index >= 15 is 0 Å². The average Bonchev–Trinajstić information content (AvgIpc) is 1.96. The van der Waals surface area contributed by atoms with Gasteiger partial charge < -0.3 is 9.64 Å². The van der Waals surface area contributed by atoms with Gasteiger partial charge >= 0.3 is 6.09 Å². The maximum absolute atomic E-state index is 11.0. The van der Waals surface area contributed by atoms with Gasteiger partial charge in [-0.05, 0) is 6.92 Å². The van der Waals surface area contributed by atoms with Gasteiger partial charge in [-0.25, -0.2) is 4.79 Å². The highest BCUT2D eigenvalue weighted by atomic mass is 16.6. The number of hydrogen-bond acceptors (Lipinski definition) is 3. The summed E-state index contributed by atoms with van der Waals surface area (Å²) >= 11 is 0. The average molecular weight is 171 g/mol. The third kappa shape index (κ3) is 2.22. The largest absolute Gasteiger partial charge is 0.449 e. The van der Waals surface area contributed by atoms with Gasteiger partial charge in [0.25, 0.3) is 0 Å². The zero-order valence-corrected chi connectivity index (χ0v) is 7.37. The molecule has 0 aromatic carbocycles. The van der Waals surface area contributed by atoms with Crippen molar-refractivity contribution >= 4 is 11.9 Å². The number of carbonyl (C=O) groups excluding carboxylic acids is 2. The van der Waals surface area contributed by atoms with E-state index in [0.717, 1.165) is 0 Å². The summed E-state index contributed by atoms with van der Waals surface area (Å²) in [5.74, 6) is 0.308. The maximum atomic E-state index is 11.0. The van der Waals surface area contributed by atoms with Gasteiger partial charge in [-0.3, -0.25) is 4.79 Å².